The van der Waals surface area contributed by atoms with Crippen LogP contribution >= 0.6 is 12.0 Å². The highest BCUT2D eigenvalue weighted by molar-refractivity contribution is 8.08. The Kier molecular flexibility index (Phi) is 8.62. The van der Waals surface area contributed by atoms with Gasteiger partial charge in [0.25, 0.3) is 5.56 Å². The van der Waals surface area contributed by atoms with Gasteiger partial charge in [-0.2, -0.15) is 17.3 Å². The standard InChI is InChI=1S/C27H31N7O2S/c1-5-6-11-24-28-18(2)23(16-25(37-36)33(3)4)27(35)34(24)17-19-12-14-20(15-13-19)21-9-7-8-10-22(21)26-29-31-32-30-26/h7-10,12-15H,5-6,11,16-17H2,1-4H3,(H-,29,30,31,32,36). The molecular weight excluding hydrogens is 486 g/mol. The van der Waals surface area contributed by atoms with Gasteiger partial charge in [0.15, 0.2) is 5.04 Å². The van der Waals surface area contributed by atoms with Crippen molar-refractivity contribution in [1.29, 1.82) is 0 Å². The highest BCUT2D eigenvalue weighted by atomic mass is 32.2. The van der Waals surface area contributed by atoms with Crippen LogP contribution < -0.4 is 5.56 Å². The molecule has 0 aliphatic carbocycles. The number of rotatable bonds is 9. The lowest BCUT2D eigenvalue weighted by Gasteiger charge is -2.17. The van der Waals surface area contributed by atoms with Gasteiger partial charge >= 0.3 is 0 Å². The Morgan fingerprint density at radius 2 is 1.84 bits per heavy atom. The molecule has 4 aromatic rings. The SMILES string of the molecule is CCCCc1nc(C)c(CC(S[O-])=[N+](C)C)c(=O)n1Cc1ccc(-c2ccccc2-c2nn[nH]n2)cc1. The lowest BCUT2D eigenvalue weighted by molar-refractivity contribution is -0.462. The van der Waals surface area contributed by atoms with E-state index in [1.165, 1.54) is 0 Å². The summed E-state index contributed by atoms with van der Waals surface area (Å²) < 4.78 is 15.2. The topological polar surface area (TPSA) is 115 Å². The van der Waals surface area contributed by atoms with Crippen molar-refractivity contribution < 1.29 is 9.13 Å². The van der Waals surface area contributed by atoms with E-state index in [-0.39, 0.29) is 12.0 Å². The lowest BCUT2D eigenvalue weighted by Crippen LogP contribution is -2.32. The van der Waals surface area contributed by atoms with Gasteiger partial charge in [0.1, 0.15) is 19.9 Å². The molecule has 192 valence electrons. The van der Waals surface area contributed by atoms with E-state index in [1.807, 2.05) is 69.6 Å². The van der Waals surface area contributed by atoms with Gasteiger partial charge in [-0.05, 0) is 35.2 Å². The molecule has 2 heterocycles. The minimum absolute atomic E-state index is 0.0847. The van der Waals surface area contributed by atoms with E-state index < -0.39 is 0 Å². The normalized spacial score (nSPS) is 11.1. The molecule has 0 unspecified atom stereocenters. The van der Waals surface area contributed by atoms with Crippen LogP contribution in [0.2, 0.25) is 0 Å². The molecule has 1 N–H and O–H groups in total. The van der Waals surface area contributed by atoms with Crippen molar-refractivity contribution in [3.63, 3.8) is 0 Å². The predicted molar refractivity (Wildman–Crippen MR) is 145 cm³/mol. The number of aromatic nitrogens is 6. The van der Waals surface area contributed by atoms with Crippen LogP contribution in [0.5, 0.6) is 0 Å². The number of unbranched alkanes of at least 4 members (excludes halogenated alkanes) is 1. The van der Waals surface area contributed by atoms with Crippen LogP contribution in [0.4, 0.5) is 0 Å². The van der Waals surface area contributed by atoms with Gasteiger partial charge in [-0.15, -0.1) is 10.2 Å². The minimum atomic E-state index is -0.0847. The van der Waals surface area contributed by atoms with Gasteiger partial charge in [0, 0.05) is 23.2 Å². The van der Waals surface area contributed by atoms with Crippen molar-refractivity contribution in [2.75, 3.05) is 14.1 Å². The summed E-state index contributed by atoms with van der Waals surface area (Å²) in [6, 6.07) is 16.1. The molecule has 0 fully saturated rings. The lowest BCUT2D eigenvalue weighted by atomic mass is 9.98. The molecule has 4 rings (SSSR count). The molecule has 0 bridgehead atoms. The molecule has 2 aromatic heterocycles. The summed E-state index contributed by atoms with van der Waals surface area (Å²) in [4.78, 5) is 18.5. The zero-order chi connectivity index (χ0) is 26.4. The quantitative estimate of drug-likeness (QED) is 0.155. The summed E-state index contributed by atoms with van der Waals surface area (Å²) >= 11 is 0.420. The van der Waals surface area contributed by atoms with Crippen LogP contribution in [-0.2, 0) is 19.4 Å². The number of benzene rings is 2. The van der Waals surface area contributed by atoms with Crippen LogP contribution in [-0.4, -0.2) is 58.4 Å². The number of hydrogen-bond acceptors (Lipinski definition) is 7. The average Bonchev–Trinajstić information content (AvgIpc) is 3.44. The molecule has 9 nitrogen and oxygen atoms in total. The van der Waals surface area contributed by atoms with E-state index in [9.17, 15) is 9.35 Å². The summed E-state index contributed by atoms with van der Waals surface area (Å²) in [5.41, 5.74) is 5.07. The molecule has 10 heteroatoms. The Morgan fingerprint density at radius 1 is 1.11 bits per heavy atom. The highest BCUT2D eigenvalue weighted by Gasteiger charge is 2.18. The Labute approximate surface area is 220 Å². The van der Waals surface area contributed by atoms with Gasteiger partial charge < -0.3 is 4.55 Å². The van der Waals surface area contributed by atoms with Gasteiger partial charge in [-0.1, -0.05) is 61.9 Å². The van der Waals surface area contributed by atoms with E-state index >= 15 is 0 Å². The summed E-state index contributed by atoms with van der Waals surface area (Å²) in [5, 5.41) is 15.0. The largest absolute Gasteiger partial charge is 0.791 e. The van der Waals surface area contributed by atoms with E-state index in [2.05, 4.69) is 27.5 Å². The van der Waals surface area contributed by atoms with Crippen LogP contribution in [0.3, 0.4) is 0 Å². The van der Waals surface area contributed by atoms with Gasteiger partial charge in [0.2, 0.25) is 5.82 Å². The summed E-state index contributed by atoms with van der Waals surface area (Å²) in [6.45, 7) is 4.39. The third kappa shape index (κ3) is 6.03. The monoisotopic (exact) mass is 517 g/mol. The molecule has 0 aliphatic rings. The Hall–Kier alpha value is -3.63. The molecule has 2 aromatic carbocycles. The van der Waals surface area contributed by atoms with Gasteiger partial charge in [-0.25, -0.2) is 9.56 Å². The molecule has 0 saturated heterocycles. The second kappa shape index (κ2) is 12.1. The molecule has 37 heavy (non-hydrogen) atoms. The van der Waals surface area contributed by atoms with E-state index in [1.54, 1.807) is 9.14 Å². The fourth-order valence-electron chi connectivity index (χ4n) is 4.24. The van der Waals surface area contributed by atoms with Crippen LogP contribution in [0.15, 0.2) is 53.3 Å². The molecule has 0 spiro atoms. The first-order chi connectivity index (χ1) is 17.9. The van der Waals surface area contributed by atoms with Crippen molar-refractivity contribution in [1.82, 2.24) is 30.2 Å². The average molecular weight is 518 g/mol. The first kappa shape index (κ1) is 26.4. The summed E-state index contributed by atoms with van der Waals surface area (Å²) in [7, 11) is 3.63. The Morgan fingerprint density at radius 3 is 2.46 bits per heavy atom. The van der Waals surface area contributed by atoms with Crippen LogP contribution in [0.1, 0.15) is 42.4 Å². The second-order valence-corrected chi connectivity index (χ2v) is 9.75. The first-order valence-corrected chi connectivity index (χ1v) is 13.0. The first-order valence-electron chi connectivity index (χ1n) is 12.3. The van der Waals surface area contributed by atoms with Gasteiger partial charge in [0.05, 0.1) is 13.0 Å². The maximum atomic E-state index is 13.7. The van der Waals surface area contributed by atoms with Gasteiger partial charge in [-0.3, -0.25) is 9.36 Å². The number of hydrogen-bond donors (Lipinski definition) is 1. The maximum absolute atomic E-state index is 13.7. The molecule has 0 amide bonds. The Balaban J connectivity index is 1.69. The molecule has 0 atom stereocenters. The minimum Gasteiger partial charge on any atom is -0.791 e. The maximum Gasteiger partial charge on any atom is 0.257 e. The predicted octanol–water partition coefficient (Wildman–Crippen LogP) is 3.87. The number of tetrazole rings is 1. The number of aromatic amines is 1. The third-order valence-electron chi connectivity index (χ3n) is 6.34. The zero-order valence-corrected chi connectivity index (χ0v) is 22.4. The Bertz CT molecular complexity index is 1440. The second-order valence-electron chi connectivity index (χ2n) is 9.11. The van der Waals surface area contributed by atoms with Crippen molar-refractivity contribution in [3.05, 3.63) is 81.5 Å². The number of aryl methyl sites for hydroxylation is 2. The van der Waals surface area contributed by atoms with Crippen LogP contribution in [0.25, 0.3) is 22.5 Å². The summed E-state index contributed by atoms with van der Waals surface area (Å²) in [5.74, 6) is 1.32. The van der Waals surface area contributed by atoms with E-state index in [0.29, 0.717) is 40.7 Å². The van der Waals surface area contributed by atoms with Crippen molar-refractivity contribution in [2.45, 2.75) is 46.1 Å². The zero-order valence-electron chi connectivity index (χ0n) is 21.6. The number of nitrogens with one attached hydrogen (secondary N) is 1. The number of H-pyrrole nitrogens is 1. The molecular formula is C27H31N7O2S. The highest BCUT2D eigenvalue weighted by Crippen LogP contribution is 2.29. The molecule has 0 saturated carbocycles. The van der Waals surface area contributed by atoms with E-state index in [4.69, 9.17) is 4.98 Å². The van der Waals surface area contributed by atoms with E-state index in [0.717, 1.165) is 47.3 Å². The smallest absolute Gasteiger partial charge is 0.257 e. The molecule has 0 radical (unpaired) electrons. The summed E-state index contributed by atoms with van der Waals surface area (Å²) in [6.07, 6.45) is 2.96. The third-order valence-corrected chi connectivity index (χ3v) is 7.05. The number of nitrogens with zero attached hydrogens (tertiary/aromatic N) is 6. The van der Waals surface area contributed by atoms with Crippen molar-refractivity contribution >= 4 is 17.1 Å². The van der Waals surface area contributed by atoms with Crippen LogP contribution in [0, 0.1) is 6.92 Å². The fourth-order valence-corrected chi connectivity index (χ4v) is 4.59. The molecule has 0 aliphatic heterocycles. The van der Waals surface area contributed by atoms with Crippen molar-refractivity contribution in [2.24, 2.45) is 0 Å². The van der Waals surface area contributed by atoms with Crippen molar-refractivity contribution in [3.8, 4) is 22.5 Å². The fraction of sp³-hybridized carbons (Fsp3) is 0.333.